The van der Waals surface area contributed by atoms with Gasteiger partial charge in [-0.1, -0.05) is 6.07 Å². The predicted octanol–water partition coefficient (Wildman–Crippen LogP) is 2.62. The molecule has 5 nitrogen and oxygen atoms in total. The fourth-order valence-electron chi connectivity index (χ4n) is 2.07. The topological polar surface area (TPSA) is 62.6 Å². The number of alkyl halides is 1. The Morgan fingerprint density at radius 2 is 2.00 bits per heavy atom. The summed E-state index contributed by atoms with van der Waals surface area (Å²) in [6, 6.07) is 7.70. The first-order valence-electron chi connectivity index (χ1n) is 7.04. The van der Waals surface area contributed by atoms with Crippen LogP contribution in [0.15, 0.2) is 18.2 Å². The second-order valence-electron chi connectivity index (χ2n) is 4.79. The molecule has 0 aliphatic heterocycles. The summed E-state index contributed by atoms with van der Waals surface area (Å²) in [6.07, 6.45) is 0.947. The minimum Gasteiger partial charge on any atom is -0.493 e. The number of carbonyl (C=O) groups is 1. The van der Waals surface area contributed by atoms with Crippen LogP contribution in [0.5, 0.6) is 11.5 Å². The second-order valence-corrected chi connectivity index (χ2v) is 5.44. The highest BCUT2D eigenvalue weighted by atomic mass is 35.5. The Hall–Kier alpha value is -1.93. The van der Waals surface area contributed by atoms with Crippen LogP contribution in [0.4, 0.5) is 0 Å². The van der Waals surface area contributed by atoms with Crippen molar-refractivity contribution >= 4 is 17.5 Å². The molecule has 0 aliphatic carbocycles. The van der Waals surface area contributed by atoms with Crippen molar-refractivity contribution in [3.05, 3.63) is 23.8 Å². The molecule has 0 saturated heterocycles. The first kappa shape index (κ1) is 18.1. The van der Waals surface area contributed by atoms with Gasteiger partial charge >= 0.3 is 0 Å². The van der Waals surface area contributed by atoms with Crippen molar-refractivity contribution in [2.75, 3.05) is 27.3 Å². The molecule has 1 rings (SSSR count). The zero-order valence-corrected chi connectivity index (χ0v) is 13.9. The quantitative estimate of drug-likeness (QED) is 0.690. The van der Waals surface area contributed by atoms with Crippen LogP contribution in [-0.2, 0) is 11.2 Å². The van der Waals surface area contributed by atoms with Crippen LogP contribution in [0.2, 0.25) is 0 Å². The number of nitriles is 1. The van der Waals surface area contributed by atoms with Gasteiger partial charge in [-0.25, -0.2) is 0 Å². The molecule has 1 aromatic rings. The molecular formula is C16H21ClN2O3. The Labute approximate surface area is 136 Å². The van der Waals surface area contributed by atoms with Gasteiger partial charge in [-0.15, -0.1) is 11.6 Å². The Bertz CT molecular complexity index is 541. The molecule has 1 atom stereocenters. The molecule has 0 radical (unpaired) electrons. The molecule has 120 valence electrons. The highest BCUT2D eigenvalue weighted by Crippen LogP contribution is 2.27. The maximum atomic E-state index is 12.0. The number of amides is 1. The predicted molar refractivity (Wildman–Crippen MR) is 85.4 cm³/mol. The molecule has 0 aliphatic rings. The van der Waals surface area contributed by atoms with E-state index in [1.165, 1.54) is 0 Å². The average Bonchev–Trinajstić information content (AvgIpc) is 2.53. The Kier molecular flexibility index (Phi) is 7.55. The van der Waals surface area contributed by atoms with Crippen molar-refractivity contribution in [2.45, 2.75) is 25.1 Å². The molecule has 1 aromatic carbocycles. The highest BCUT2D eigenvalue weighted by molar-refractivity contribution is 6.30. The van der Waals surface area contributed by atoms with Gasteiger partial charge in [0.25, 0.3) is 0 Å². The minimum absolute atomic E-state index is 0.155. The van der Waals surface area contributed by atoms with E-state index in [1.807, 2.05) is 24.3 Å². The van der Waals surface area contributed by atoms with Gasteiger partial charge in [0.05, 0.1) is 26.7 Å². The van der Waals surface area contributed by atoms with E-state index in [2.05, 4.69) is 0 Å². The van der Waals surface area contributed by atoms with Crippen molar-refractivity contribution in [3.63, 3.8) is 0 Å². The zero-order chi connectivity index (χ0) is 16.5. The summed E-state index contributed by atoms with van der Waals surface area (Å²) in [7, 11) is 3.17. The third-order valence-electron chi connectivity index (χ3n) is 3.26. The zero-order valence-electron chi connectivity index (χ0n) is 13.1. The van der Waals surface area contributed by atoms with Gasteiger partial charge < -0.3 is 14.4 Å². The molecule has 0 spiro atoms. The summed E-state index contributed by atoms with van der Waals surface area (Å²) in [5.74, 6) is 1.16. The summed E-state index contributed by atoms with van der Waals surface area (Å²) in [5.41, 5.74) is 1.02. The van der Waals surface area contributed by atoms with Gasteiger partial charge in [-0.05, 0) is 31.0 Å². The number of hydrogen-bond donors (Lipinski definition) is 0. The normalized spacial score (nSPS) is 11.4. The van der Waals surface area contributed by atoms with Crippen LogP contribution in [-0.4, -0.2) is 43.5 Å². The van der Waals surface area contributed by atoms with Crippen LogP contribution in [0, 0.1) is 11.3 Å². The lowest BCUT2D eigenvalue weighted by Crippen LogP contribution is -2.37. The third kappa shape index (κ3) is 5.12. The summed E-state index contributed by atoms with van der Waals surface area (Å²) < 4.78 is 10.5. The number of nitrogens with zero attached hydrogens (tertiary/aromatic N) is 2. The molecule has 1 amide bonds. The first-order valence-corrected chi connectivity index (χ1v) is 7.47. The highest BCUT2D eigenvalue weighted by Gasteiger charge is 2.18. The van der Waals surface area contributed by atoms with E-state index in [0.29, 0.717) is 37.4 Å². The van der Waals surface area contributed by atoms with Gasteiger partial charge in [-0.3, -0.25) is 4.79 Å². The van der Waals surface area contributed by atoms with Crippen molar-refractivity contribution in [1.29, 1.82) is 5.26 Å². The van der Waals surface area contributed by atoms with Crippen LogP contribution in [0.3, 0.4) is 0 Å². The summed E-state index contributed by atoms with van der Waals surface area (Å²) in [4.78, 5) is 13.7. The minimum atomic E-state index is -0.593. The van der Waals surface area contributed by atoms with E-state index in [0.717, 1.165) is 5.56 Å². The smallest absolute Gasteiger partial charge is 0.240 e. The molecule has 6 heteroatoms. The lowest BCUT2D eigenvalue weighted by Gasteiger charge is -2.23. The van der Waals surface area contributed by atoms with Crippen molar-refractivity contribution in [1.82, 2.24) is 4.90 Å². The fourth-order valence-corrected chi connectivity index (χ4v) is 2.21. The SMILES string of the molecule is COc1ccc(CCN(CCC#N)C(=O)C(C)Cl)cc1OC. The maximum Gasteiger partial charge on any atom is 0.240 e. The van der Waals surface area contributed by atoms with Crippen molar-refractivity contribution < 1.29 is 14.3 Å². The second kappa shape index (κ2) is 9.16. The molecule has 0 fully saturated rings. The van der Waals surface area contributed by atoms with Gasteiger partial charge in [0.2, 0.25) is 5.91 Å². The average molecular weight is 325 g/mol. The van der Waals surface area contributed by atoms with Gasteiger partial charge in [0.15, 0.2) is 11.5 Å². The molecule has 0 saturated carbocycles. The van der Waals surface area contributed by atoms with Crippen molar-refractivity contribution in [2.24, 2.45) is 0 Å². The Morgan fingerprint density at radius 3 is 2.55 bits per heavy atom. The van der Waals surface area contributed by atoms with E-state index < -0.39 is 5.38 Å². The van der Waals surface area contributed by atoms with E-state index in [9.17, 15) is 4.79 Å². The number of halogens is 1. The number of ether oxygens (including phenoxy) is 2. The Balaban J connectivity index is 2.75. The monoisotopic (exact) mass is 324 g/mol. The van der Waals surface area contributed by atoms with Crippen LogP contribution in [0.1, 0.15) is 18.9 Å². The number of benzene rings is 1. The van der Waals surface area contributed by atoms with E-state index in [1.54, 1.807) is 26.0 Å². The fraction of sp³-hybridized carbons (Fsp3) is 0.500. The van der Waals surface area contributed by atoms with Gasteiger partial charge in [0.1, 0.15) is 5.38 Å². The van der Waals surface area contributed by atoms with Crippen LogP contribution in [0.25, 0.3) is 0 Å². The number of methoxy groups -OCH3 is 2. The molecule has 1 unspecified atom stereocenters. The Morgan fingerprint density at radius 1 is 1.32 bits per heavy atom. The van der Waals surface area contributed by atoms with E-state index >= 15 is 0 Å². The number of rotatable bonds is 8. The molecule has 0 heterocycles. The van der Waals surface area contributed by atoms with E-state index in [4.69, 9.17) is 26.3 Å². The largest absolute Gasteiger partial charge is 0.493 e. The standard InChI is InChI=1S/C16H21ClN2O3/c1-12(17)16(20)19(9-4-8-18)10-7-13-5-6-14(21-2)15(11-13)22-3/h5-6,11-12H,4,7,9-10H2,1-3H3. The number of hydrogen-bond acceptors (Lipinski definition) is 4. The molecule has 22 heavy (non-hydrogen) atoms. The van der Waals surface area contributed by atoms with Crippen molar-refractivity contribution in [3.8, 4) is 17.6 Å². The lowest BCUT2D eigenvalue weighted by molar-refractivity contribution is -0.130. The molecule has 0 bridgehead atoms. The lowest BCUT2D eigenvalue weighted by atomic mass is 10.1. The van der Waals surface area contributed by atoms with Crippen LogP contribution >= 0.6 is 11.6 Å². The van der Waals surface area contributed by atoms with Crippen LogP contribution < -0.4 is 9.47 Å². The molecule has 0 aromatic heterocycles. The third-order valence-corrected chi connectivity index (χ3v) is 3.45. The molecular weight excluding hydrogens is 304 g/mol. The molecule has 0 N–H and O–H groups in total. The van der Waals surface area contributed by atoms with E-state index in [-0.39, 0.29) is 5.91 Å². The van der Waals surface area contributed by atoms with Gasteiger partial charge in [0, 0.05) is 13.1 Å². The summed E-state index contributed by atoms with van der Waals surface area (Å²) in [6.45, 7) is 2.53. The summed E-state index contributed by atoms with van der Waals surface area (Å²) >= 11 is 5.86. The number of carbonyl (C=O) groups excluding carboxylic acids is 1. The summed E-state index contributed by atoms with van der Waals surface area (Å²) in [5, 5.41) is 8.10. The van der Waals surface area contributed by atoms with Gasteiger partial charge in [-0.2, -0.15) is 5.26 Å². The maximum absolute atomic E-state index is 12.0. The first-order chi connectivity index (χ1) is 10.5.